The summed E-state index contributed by atoms with van der Waals surface area (Å²) in [4.78, 5) is 0. The molecular formula is C12H18F2O3Si. The molecule has 1 rings (SSSR count). The Kier molecular flexibility index (Phi) is 6.41. The molecule has 0 saturated carbocycles. The molecule has 0 spiro atoms. The monoisotopic (exact) mass is 276 g/mol. The van der Waals surface area contributed by atoms with Gasteiger partial charge in [-0.2, -0.15) is 0 Å². The van der Waals surface area contributed by atoms with Gasteiger partial charge in [-0.3, -0.25) is 0 Å². The van der Waals surface area contributed by atoms with Crippen LogP contribution in [0, 0.1) is 11.6 Å². The number of hydrogen-bond acceptors (Lipinski definition) is 3. The van der Waals surface area contributed by atoms with Crippen molar-refractivity contribution in [3.63, 3.8) is 0 Å². The normalized spacial score (nSPS) is 13.0. The van der Waals surface area contributed by atoms with Gasteiger partial charge in [0.15, 0.2) is 0 Å². The topological polar surface area (TPSA) is 27.7 Å². The van der Waals surface area contributed by atoms with Gasteiger partial charge in [-0.1, -0.05) is 0 Å². The van der Waals surface area contributed by atoms with E-state index in [9.17, 15) is 8.78 Å². The Morgan fingerprint density at radius 1 is 1.11 bits per heavy atom. The van der Waals surface area contributed by atoms with Gasteiger partial charge >= 0.3 is 9.53 Å². The van der Waals surface area contributed by atoms with Crippen molar-refractivity contribution in [2.45, 2.75) is 25.9 Å². The molecule has 0 saturated heterocycles. The summed E-state index contributed by atoms with van der Waals surface area (Å²) in [6, 6.07) is 3.52. The number of benzene rings is 1. The lowest BCUT2D eigenvalue weighted by Crippen LogP contribution is -2.28. The van der Waals surface area contributed by atoms with Gasteiger partial charge in [-0.05, 0) is 37.5 Å². The van der Waals surface area contributed by atoms with Gasteiger partial charge < -0.3 is 13.3 Å². The molecule has 3 nitrogen and oxygen atoms in total. The molecule has 0 amide bonds. The van der Waals surface area contributed by atoms with Gasteiger partial charge in [-0.25, -0.2) is 8.78 Å². The Morgan fingerprint density at radius 2 is 1.67 bits per heavy atom. The van der Waals surface area contributed by atoms with Crippen LogP contribution in [0.4, 0.5) is 8.78 Å². The van der Waals surface area contributed by atoms with Crippen LogP contribution in [0.15, 0.2) is 18.2 Å². The van der Waals surface area contributed by atoms with Crippen LogP contribution in [0.25, 0.3) is 0 Å². The van der Waals surface area contributed by atoms with Crippen molar-refractivity contribution in [2.75, 3.05) is 14.2 Å². The molecule has 1 aromatic rings. The zero-order valence-electron chi connectivity index (χ0n) is 10.8. The summed E-state index contributed by atoms with van der Waals surface area (Å²) in [5.41, 5.74) is 0.621. The third kappa shape index (κ3) is 5.22. The summed E-state index contributed by atoms with van der Waals surface area (Å²) < 4.78 is 41.5. The molecule has 1 aromatic carbocycles. The summed E-state index contributed by atoms with van der Waals surface area (Å²) >= 11 is 0. The Morgan fingerprint density at radius 3 is 2.17 bits per heavy atom. The van der Waals surface area contributed by atoms with Gasteiger partial charge in [0.2, 0.25) is 0 Å². The highest BCUT2D eigenvalue weighted by Gasteiger charge is 2.15. The number of halogens is 2. The highest BCUT2D eigenvalue weighted by molar-refractivity contribution is 6.36. The largest absolute Gasteiger partial charge is 0.483 e. The predicted octanol–water partition coefficient (Wildman–Crippen LogP) is 2.31. The van der Waals surface area contributed by atoms with E-state index in [2.05, 4.69) is 0 Å². The van der Waals surface area contributed by atoms with E-state index in [1.165, 1.54) is 26.4 Å². The lowest BCUT2D eigenvalue weighted by molar-refractivity contribution is 0.0908. The molecule has 0 N–H and O–H groups in total. The van der Waals surface area contributed by atoms with Crippen molar-refractivity contribution in [3.05, 3.63) is 35.4 Å². The van der Waals surface area contributed by atoms with Crippen molar-refractivity contribution in [1.82, 2.24) is 0 Å². The number of hydrogen-bond donors (Lipinski definition) is 0. The molecule has 6 heteroatoms. The van der Waals surface area contributed by atoms with Gasteiger partial charge in [0, 0.05) is 26.4 Å². The average Bonchev–Trinajstić information content (AvgIpc) is 2.32. The molecule has 0 heterocycles. The van der Waals surface area contributed by atoms with Crippen LogP contribution in [0.5, 0.6) is 0 Å². The van der Waals surface area contributed by atoms with Crippen molar-refractivity contribution in [3.8, 4) is 0 Å². The molecule has 0 aliphatic carbocycles. The molecule has 0 aromatic heterocycles. The first-order valence-corrected chi connectivity index (χ1v) is 7.12. The Labute approximate surface area is 108 Å². The maximum absolute atomic E-state index is 13.0. The molecule has 18 heavy (non-hydrogen) atoms. The van der Waals surface area contributed by atoms with Crippen LogP contribution < -0.4 is 0 Å². The summed E-state index contributed by atoms with van der Waals surface area (Å²) in [5.74, 6) is -1.11. The molecule has 0 radical (unpaired) electrons. The molecule has 0 fully saturated rings. The van der Waals surface area contributed by atoms with Crippen LogP contribution in [-0.4, -0.2) is 29.9 Å². The maximum Gasteiger partial charge on any atom is 0.483 e. The second-order valence-electron chi connectivity index (χ2n) is 4.02. The smallest absolute Gasteiger partial charge is 0.379 e. The van der Waals surface area contributed by atoms with E-state index in [0.29, 0.717) is 18.4 Å². The minimum absolute atomic E-state index is 0.0760. The zero-order valence-corrected chi connectivity index (χ0v) is 11.9. The first-order valence-electron chi connectivity index (χ1n) is 5.71. The first kappa shape index (κ1) is 15.2. The minimum atomic E-state index is -2.04. The van der Waals surface area contributed by atoms with Crippen molar-refractivity contribution in [1.29, 1.82) is 0 Å². The quantitative estimate of drug-likeness (QED) is 0.715. The summed E-state index contributed by atoms with van der Waals surface area (Å²) in [7, 11) is 1.03. The third-order valence-electron chi connectivity index (χ3n) is 2.49. The van der Waals surface area contributed by atoms with E-state index >= 15 is 0 Å². The summed E-state index contributed by atoms with van der Waals surface area (Å²) in [6.45, 7) is 1.88. The minimum Gasteiger partial charge on any atom is -0.379 e. The second-order valence-corrected chi connectivity index (χ2v) is 5.82. The summed E-state index contributed by atoms with van der Waals surface area (Å²) in [5, 5.41) is 0. The second kappa shape index (κ2) is 7.58. The highest BCUT2D eigenvalue weighted by atomic mass is 28.3. The highest BCUT2D eigenvalue weighted by Crippen LogP contribution is 2.12. The van der Waals surface area contributed by atoms with Crippen molar-refractivity contribution >= 4 is 9.53 Å². The fourth-order valence-corrected chi connectivity index (χ4v) is 2.52. The Bertz CT molecular complexity index is 352. The van der Waals surface area contributed by atoms with Gasteiger partial charge in [0.1, 0.15) is 11.6 Å². The molecule has 0 bridgehead atoms. The van der Waals surface area contributed by atoms with E-state index in [0.717, 1.165) is 6.07 Å². The van der Waals surface area contributed by atoms with E-state index in [4.69, 9.17) is 13.3 Å². The van der Waals surface area contributed by atoms with Gasteiger partial charge in [0.05, 0.1) is 0 Å². The lowest BCUT2D eigenvalue weighted by Gasteiger charge is -2.17. The Hall–Kier alpha value is -0.823. The van der Waals surface area contributed by atoms with Gasteiger partial charge in [-0.15, -0.1) is 0 Å². The van der Waals surface area contributed by atoms with E-state index < -0.39 is 21.2 Å². The molecule has 1 atom stereocenters. The summed E-state index contributed by atoms with van der Waals surface area (Å²) in [6.07, 6.45) is 1.12. The van der Waals surface area contributed by atoms with Crippen molar-refractivity contribution in [2.24, 2.45) is 0 Å². The average molecular weight is 276 g/mol. The maximum atomic E-state index is 13.0. The number of rotatable bonds is 7. The standard InChI is InChI=1S/C12H18F2O3Si/c1-9(17-18(15-2)16-3)4-5-10-6-11(13)8-12(14)7-10/h6-9,18H,4-5H2,1-3H3. The predicted molar refractivity (Wildman–Crippen MR) is 66.4 cm³/mol. The van der Waals surface area contributed by atoms with Crippen LogP contribution >= 0.6 is 0 Å². The SMILES string of the molecule is CO[SiH](OC)OC(C)CCc1cc(F)cc(F)c1. The fourth-order valence-electron chi connectivity index (χ4n) is 1.59. The van der Waals surface area contributed by atoms with Crippen LogP contribution in [0.3, 0.4) is 0 Å². The molecule has 0 aliphatic heterocycles. The molecule has 102 valence electrons. The molecular weight excluding hydrogens is 258 g/mol. The van der Waals surface area contributed by atoms with Crippen LogP contribution in [0.1, 0.15) is 18.9 Å². The zero-order chi connectivity index (χ0) is 13.5. The van der Waals surface area contributed by atoms with E-state index in [1.54, 1.807) is 0 Å². The van der Waals surface area contributed by atoms with Crippen LogP contribution in [0.2, 0.25) is 0 Å². The lowest BCUT2D eigenvalue weighted by atomic mass is 10.1. The van der Waals surface area contributed by atoms with E-state index in [-0.39, 0.29) is 6.10 Å². The fraction of sp³-hybridized carbons (Fsp3) is 0.500. The van der Waals surface area contributed by atoms with E-state index in [1.807, 2.05) is 6.92 Å². The third-order valence-corrected chi connectivity index (χ3v) is 3.95. The molecule has 1 unspecified atom stereocenters. The number of aryl methyl sites for hydroxylation is 1. The molecule has 0 aliphatic rings. The van der Waals surface area contributed by atoms with Crippen LogP contribution in [-0.2, 0) is 19.7 Å². The first-order chi connectivity index (χ1) is 8.55. The van der Waals surface area contributed by atoms with Crippen molar-refractivity contribution < 1.29 is 22.1 Å². The Balaban J connectivity index is 2.44. The van der Waals surface area contributed by atoms with Gasteiger partial charge in [0.25, 0.3) is 0 Å².